The molecule has 2 rings (SSSR count). The van der Waals surface area contributed by atoms with Crippen LogP contribution in [0.15, 0.2) is 35.2 Å². The van der Waals surface area contributed by atoms with E-state index in [4.69, 9.17) is 4.74 Å². The number of benzene rings is 2. The predicted molar refractivity (Wildman–Crippen MR) is 89.2 cm³/mol. The number of anilines is 1. The van der Waals surface area contributed by atoms with Gasteiger partial charge in [0.25, 0.3) is 10.0 Å². The van der Waals surface area contributed by atoms with Crippen LogP contribution in [-0.4, -0.2) is 15.5 Å². The second-order valence-corrected chi connectivity index (χ2v) is 7.16. The van der Waals surface area contributed by atoms with Gasteiger partial charge < -0.3 is 4.74 Å². The third-order valence-corrected chi connectivity index (χ3v) is 5.12. The zero-order valence-corrected chi connectivity index (χ0v) is 14.3. The van der Waals surface area contributed by atoms with Gasteiger partial charge in [-0.05, 0) is 50.5 Å². The minimum Gasteiger partial charge on any atom is -0.496 e. The van der Waals surface area contributed by atoms with Crippen LogP contribution in [0.4, 0.5) is 5.69 Å². The van der Waals surface area contributed by atoms with Crippen LogP contribution in [0, 0.1) is 27.7 Å². The molecule has 2 aromatic carbocycles. The van der Waals surface area contributed by atoms with Gasteiger partial charge in [-0.1, -0.05) is 23.8 Å². The highest BCUT2D eigenvalue weighted by molar-refractivity contribution is 7.92. The Morgan fingerprint density at radius 3 is 2.18 bits per heavy atom. The highest BCUT2D eigenvalue weighted by Crippen LogP contribution is 2.28. The smallest absolute Gasteiger partial charge is 0.262 e. The van der Waals surface area contributed by atoms with Crippen LogP contribution in [0.2, 0.25) is 0 Å². The number of nitrogens with one attached hydrogen (secondary N) is 1. The van der Waals surface area contributed by atoms with Crippen LogP contribution in [0.1, 0.15) is 22.3 Å². The molecule has 0 amide bonds. The van der Waals surface area contributed by atoms with Crippen molar-refractivity contribution in [3.63, 3.8) is 0 Å². The minimum atomic E-state index is -3.66. The van der Waals surface area contributed by atoms with Gasteiger partial charge in [0, 0.05) is 6.07 Å². The van der Waals surface area contributed by atoms with E-state index in [9.17, 15) is 8.42 Å². The number of sulfonamides is 1. The standard InChI is InChI=1S/C17H21NO3S/c1-11-6-7-15(12(2)8-11)18-22(19,20)17-10-16(21-5)13(3)9-14(17)4/h6-10,18H,1-5H3. The van der Waals surface area contributed by atoms with E-state index in [1.54, 1.807) is 19.1 Å². The minimum absolute atomic E-state index is 0.231. The van der Waals surface area contributed by atoms with Crippen molar-refractivity contribution in [2.45, 2.75) is 32.6 Å². The molecule has 0 aliphatic carbocycles. The number of hydrogen-bond donors (Lipinski definition) is 1. The van der Waals surface area contributed by atoms with E-state index in [1.807, 2.05) is 39.0 Å². The van der Waals surface area contributed by atoms with Gasteiger partial charge in [-0.2, -0.15) is 0 Å². The molecule has 22 heavy (non-hydrogen) atoms. The molecule has 0 radical (unpaired) electrons. The molecular weight excluding hydrogens is 298 g/mol. The van der Waals surface area contributed by atoms with E-state index in [1.165, 1.54) is 7.11 Å². The maximum atomic E-state index is 12.7. The largest absolute Gasteiger partial charge is 0.496 e. The fourth-order valence-corrected chi connectivity index (χ4v) is 3.82. The van der Waals surface area contributed by atoms with Crippen molar-refractivity contribution in [2.24, 2.45) is 0 Å². The summed E-state index contributed by atoms with van der Waals surface area (Å²) in [6, 6.07) is 8.99. The van der Waals surface area contributed by atoms with Crippen molar-refractivity contribution < 1.29 is 13.2 Å². The molecule has 0 saturated carbocycles. The summed E-state index contributed by atoms with van der Waals surface area (Å²) in [4.78, 5) is 0.231. The van der Waals surface area contributed by atoms with Gasteiger partial charge in [0.2, 0.25) is 0 Å². The lowest BCUT2D eigenvalue weighted by Gasteiger charge is -2.15. The molecule has 2 aromatic rings. The molecule has 0 aliphatic rings. The second kappa shape index (κ2) is 6.01. The molecular formula is C17H21NO3S. The molecule has 0 bridgehead atoms. The topological polar surface area (TPSA) is 55.4 Å². The van der Waals surface area contributed by atoms with Crippen molar-refractivity contribution in [2.75, 3.05) is 11.8 Å². The number of hydrogen-bond acceptors (Lipinski definition) is 3. The Hall–Kier alpha value is -2.01. The third kappa shape index (κ3) is 3.25. The summed E-state index contributed by atoms with van der Waals surface area (Å²) >= 11 is 0. The molecule has 1 N–H and O–H groups in total. The summed E-state index contributed by atoms with van der Waals surface area (Å²) in [5.41, 5.74) is 4.17. The molecule has 4 nitrogen and oxygen atoms in total. The zero-order valence-electron chi connectivity index (χ0n) is 13.5. The average molecular weight is 319 g/mol. The number of ether oxygens (including phenoxy) is 1. The Morgan fingerprint density at radius 1 is 0.909 bits per heavy atom. The predicted octanol–water partition coefficient (Wildman–Crippen LogP) is 3.73. The number of rotatable bonds is 4. The molecule has 118 valence electrons. The van der Waals surface area contributed by atoms with Crippen LogP contribution in [0.3, 0.4) is 0 Å². The van der Waals surface area contributed by atoms with E-state index < -0.39 is 10.0 Å². The summed E-state index contributed by atoms with van der Waals surface area (Å²) < 4.78 is 33.2. The Kier molecular flexibility index (Phi) is 4.47. The Balaban J connectivity index is 2.47. The fraction of sp³-hybridized carbons (Fsp3) is 0.294. The Morgan fingerprint density at radius 2 is 1.59 bits per heavy atom. The van der Waals surface area contributed by atoms with Crippen molar-refractivity contribution in [1.82, 2.24) is 0 Å². The average Bonchev–Trinajstić information content (AvgIpc) is 2.42. The Bertz CT molecular complexity index is 811. The SMILES string of the molecule is COc1cc(S(=O)(=O)Nc2ccc(C)cc2C)c(C)cc1C. The van der Waals surface area contributed by atoms with Gasteiger partial charge in [-0.25, -0.2) is 8.42 Å². The highest BCUT2D eigenvalue weighted by atomic mass is 32.2. The summed E-state index contributed by atoms with van der Waals surface area (Å²) in [7, 11) is -2.13. The van der Waals surface area contributed by atoms with Crippen LogP contribution >= 0.6 is 0 Å². The molecule has 0 fully saturated rings. The summed E-state index contributed by atoms with van der Waals surface area (Å²) in [6.07, 6.45) is 0. The van der Waals surface area contributed by atoms with Gasteiger partial charge in [-0.15, -0.1) is 0 Å². The monoisotopic (exact) mass is 319 g/mol. The summed E-state index contributed by atoms with van der Waals surface area (Å²) in [5.74, 6) is 0.562. The van der Waals surface area contributed by atoms with Gasteiger partial charge in [0.15, 0.2) is 0 Å². The maximum absolute atomic E-state index is 12.7. The van der Waals surface area contributed by atoms with E-state index >= 15 is 0 Å². The quantitative estimate of drug-likeness (QED) is 0.934. The third-order valence-electron chi connectivity index (χ3n) is 3.61. The van der Waals surface area contributed by atoms with Crippen LogP contribution in [0.25, 0.3) is 0 Å². The summed E-state index contributed by atoms with van der Waals surface area (Å²) in [6.45, 7) is 7.52. The first-order valence-electron chi connectivity index (χ1n) is 7.00. The van der Waals surface area contributed by atoms with Crippen molar-refractivity contribution >= 4 is 15.7 Å². The molecule has 0 saturated heterocycles. The molecule has 0 unspecified atom stereocenters. The van der Waals surface area contributed by atoms with Crippen LogP contribution < -0.4 is 9.46 Å². The van der Waals surface area contributed by atoms with E-state index in [-0.39, 0.29) is 4.90 Å². The first kappa shape index (κ1) is 16.4. The zero-order chi connectivity index (χ0) is 16.5. The molecule has 0 aromatic heterocycles. The number of methoxy groups -OCH3 is 1. The van der Waals surface area contributed by atoms with E-state index in [0.717, 1.165) is 16.7 Å². The molecule has 0 atom stereocenters. The van der Waals surface area contributed by atoms with Gasteiger partial charge >= 0.3 is 0 Å². The van der Waals surface area contributed by atoms with Crippen molar-refractivity contribution in [3.05, 3.63) is 52.6 Å². The van der Waals surface area contributed by atoms with Gasteiger partial charge in [0.1, 0.15) is 5.75 Å². The molecule has 0 heterocycles. The molecule has 0 spiro atoms. The van der Waals surface area contributed by atoms with Crippen LogP contribution in [-0.2, 0) is 10.0 Å². The van der Waals surface area contributed by atoms with Crippen LogP contribution in [0.5, 0.6) is 5.75 Å². The maximum Gasteiger partial charge on any atom is 0.262 e. The van der Waals surface area contributed by atoms with Crippen molar-refractivity contribution in [3.8, 4) is 5.75 Å². The first-order chi connectivity index (χ1) is 10.2. The van der Waals surface area contributed by atoms with Crippen molar-refractivity contribution in [1.29, 1.82) is 0 Å². The van der Waals surface area contributed by atoms with E-state index in [2.05, 4.69) is 4.72 Å². The Labute approximate surface area is 132 Å². The normalized spacial score (nSPS) is 11.3. The molecule has 5 heteroatoms. The van der Waals surface area contributed by atoms with Gasteiger partial charge in [-0.3, -0.25) is 4.72 Å². The highest BCUT2D eigenvalue weighted by Gasteiger charge is 2.19. The lowest BCUT2D eigenvalue weighted by molar-refractivity contribution is 0.410. The number of aryl methyl sites for hydroxylation is 4. The lowest BCUT2D eigenvalue weighted by Crippen LogP contribution is -2.15. The lowest BCUT2D eigenvalue weighted by atomic mass is 10.1. The first-order valence-corrected chi connectivity index (χ1v) is 8.48. The van der Waals surface area contributed by atoms with E-state index in [0.29, 0.717) is 17.0 Å². The fourth-order valence-electron chi connectivity index (χ4n) is 2.45. The molecule has 0 aliphatic heterocycles. The van der Waals surface area contributed by atoms with Gasteiger partial charge in [0.05, 0.1) is 17.7 Å². The second-order valence-electron chi connectivity index (χ2n) is 5.51. The summed E-state index contributed by atoms with van der Waals surface area (Å²) in [5, 5.41) is 0.